The van der Waals surface area contributed by atoms with Crippen LogP contribution in [0.25, 0.3) is 0 Å². The molecule has 0 spiro atoms. The van der Waals surface area contributed by atoms with Gasteiger partial charge in [-0.3, -0.25) is 0 Å². The first-order valence-corrected chi connectivity index (χ1v) is 11.9. The minimum Gasteiger partial charge on any atom is -0.424 e. The zero-order chi connectivity index (χ0) is 18.4. The van der Waals surface area contributed by atoms with Crippen molar-refractivity contribution in [2.45, 2.75) is 90.9 Å². The van der Waals surface area contributed by atoms with Crippen LogP contribution < -0.4 is 4.52 Å². The van der Waals surface area contributed by atoms with Crippen LogP contribution in [-0.2, 0) is 11.0 Å². The maximum Gasteiger partial charge on any atom is 0.376 e. The smallest absolute Gasteiger partial charge is 0.376 e. The van der Waals surface area contributed by atoms with Crippen molar-refractivity contribution in [3.63, 3.8) is 0 Å². The van der Waals surface area contributed by atoms with Gasteiger partial charge in [0.2, 0.25) is 0 Å². The summed E-state index contributed by atoms with van der Waals surface area (Å²) in [7, 11) is -3.51. The Morgan fingerprint density at radius 2 is 1.32 bits per heavy atom. The van der Waals surface area contributed by atoms with Gasteiger partial charge in [-0.2, -0.15) is 0 Å². The summed E-state index contributed by atoms with van der Waals surface area (Å²) >= 11 is 0. The largest absolute Gasteiger partial charge is 0.424 e. The van der Waals surface area contributed by atoms with E-state index in [2.05, 4.69) is 13.8 Å². The Morgan fingerprint density at radius 3 is 1.92 bits per heavy atom. The second-order valence-electron chi connectivity index (χ2n) is 7.03. The fraction of sp³-hybridized carbons (Fsp3) is 0.714. The predicted octanol–water partition coefficient (Wildman–Crippen LogP) is 7.12. The van der Waals surface area contributed by atoms with E-state index in [0.717, 1.165) is 32.1 Å². The number of unbranched alkanes of at least 4 members (excludes halogenated alkanes) is 9. The van der Waals surface area contributed by atoms with Gasteiger partial charge in [0.05, 0.1) is 6.16 Å². The Morgan fingerprint density at radius 1 is 0.800 bits per heavy atom. The van der Waals surface area contributed by atoms with Crippen LogP contribution in [0.2, 0.25) is 0 Å². The van der Waals surface area contributed by atoms with Gasteiger partial charge in [-0.1, -0.05) is 83.8 Å². The highest BCUT2D eigenvalue weighted by Gasteiger charge is 2.20. The molecule has 0 aliphatic carbocycles. The quantitative estimate of drug-likeness (QED) is 0.265. The topological polar surface area (TPSA) is 46.5 Å². The van der Waals surface area contributed by atoms with E-state index in [0.29, 0.717) is 5.75 Å². The molecule has 0 aliphatic heterocycles. The molecule has 0 fully saturated rings. The van der Waals surface area contributed by atoms with Crippen molar-refractivity contribution >= 4 is 7.60 Å². The molecule has 4 heteroatoms. The summed E-state index contributed by atoms with van der Waals surface area (Å²) in [5.74, 6) is 0.504. The Hall–Kier alpha value is -0.790. The van der Waals surface area contributed by atoms with Gasteiger partial charge in [0.1, 0.15) is 5.75 Å². The SMILES string of the molecule is CCCCCCCCCc1ccc(OP(=O)(O)CCCCCC)cc1. The second kappa shape index (κ2) is 13.4. The van der Waals surface area contributed by atoms with Crippen molar-refractivity contribution in [2.24, 2.45) is 0 Å². The first-order valence-electron chi connectivity index (χ1n) is 10.2. The van der Waals surface area contributed by atoms with Crippen molar-refractivity contribution in [3.8, 4) is 5.75 Å². The van der Waals surface area contributed by atoms with Crippen molar-refractivity contribution in [1.82, 2.24) is 0 Å². The molecule has 1 rings (SSSR count). The molecule has 0 bridgehead atoms. The first-order chi connectivity index (χ1) is 12.1. The van der Waals surface area contributed by atoms with Crippen LogP contribution in [0.5, 0.6) is 5.75 Å². The van der Waals surface area contributed by atoms with Crippen LogP contribution in [0, 0.1) is 0 Å². The number of hydrogen-bond donors (Lipinski definition) is 1. The number of benzene rings is 1. The second-order valence-corrected chi connectivity index (χ2v) is 8.93. The maximum atomic E-state index is 12.1. The van der Waals surface area contributed by atoms with Gasteiger partial charge in [-0.15, -0.1) is 0 Å². The summed E-state index contributed by atoms with van der Waals surface area (Å²) in [5, 5.41) is 0. The Balaban J connectivity index is 2.25. The van der Waals surface area contributed by atoms with Gasteiger partial charge < -0.3 is 9.42 Å². The molecule has 0 amide bonds. The zero-order valence-corrected chi connectivity index (χ0v) is 17.1. The molecular weight excluding hydrogens is 331 g/mol. The maximum absolute atomic E-state index is 12.1. The molecule has 1 atom stereocenters. The Labute approximate surface area is 154 Å². The molecule has 1 aromatic rings. The Kier molecular flexibility index (Phi) is 11.9. The van der Waals surface area contributed by atoms with Crippen molar-refractivity contribution < 1.29 is 14.0 Å². The summed E-state index contributed by atoms with van der Waals surface area (Å²) < 4.78 is 17.4. The molecule has 1 N–H and O–H groups in total. The predicted molar refractivity (Wildman–Crippen MR) is 108 cm³/mol. The van der Waals surface area contributed by atoms with Gasteiger partial charge in [0, 0.05) is 0 Å². The molecule has 0 saturated carbocycles. The third kappa shape index (κ3) is 11.4. The Bertz CT molecular complexity index is 484. The molecule has 0 heterocycles. The average molecular weight is 368 g/mol. The van der Waals surface area contributed by atoms with E-state index < -0.39 is 7.60 Å². The summed E-state index contributed by atoms with van der Waals surface area (Å²) in [5.41, 5.74) is 1.27. The van der Waals surface area contributed by atoms with Crippen LogP contribution in [-0.4, -0.2) is 11.1 Å². The van der Waals surface area contributed by atoms with Crippen molar-refractivity contribution in [3.05, 3.63) is 29.8 Å². The third-order valence-electron chi connectivity index (χ3n) is 4.53. The molecule has 3 nitrogen and oxygen atoms in total. The van der Waals surface area contributed by atoms with Crippen molar-refractivity contribution in [1.29, 1.82) is 0 Å². The minimum absolute atomic E-state index is 0.243. The highest BCUT2D eigenvalue weighted by Crippen LogP contribution is 2.43. The molecule has 144 valence electrons. The van der Waals surface area contributed by atoms with Crippen LogP contribution in [0.15, 0.2) is 24.3 Å². The molecule has 25 heavy (non-hydrogen) atoms. The summed E-state index contributed by atoms with van der Waals surface area (Å²) in [6, 6.07) is 7.68. The molecule has 0 saturated heterocycles. The van der Waals surface area contributed by atoms with E-state index >= 15 is 0 Å². The number of aryl methyl sites for hydroxylation is 1. The van der Waals surface area contributed by atoms with Gasteiger partial charge in [-0.25, -0.2) is 4.57 Å². The normalized spacial score (nSPS) is 13.6. The van der Waals surface area contributed by atoms with Gasteiger partial charge in [0.15, 0.2) is 0 Å². The molecular formula is C21H37O3P. The van der Waals surface area contributed by atoms with E-state index in [9.17, 15) is 9.46 Å². The van der Waals surface area contributed by atoms with E-state index in [4.69, 9.17) is 4.52 Å². The standard InChI is InChI=1S/C21H37O3P/c1-3-5-7-9-10-11-12-14-20-15-17-21(18-16-20)24-25(22,23)19-13-8-6-4-2/h15-18H,3-14,19H2,1-2H3,(H,22,23). The lowest BCUT2D eigenvalue weighted by Crippen LogP contribution is -1.98. The average Bonchev–Trinajstić information content (AvgIpc) is 2.59. The summed E-state index contributed by atoms with van der Waals surface area (Å²) in [4.78, 5) is 9.93. The fourth-order valence-electron chi connectivity index (χ4n) is 2.95. The van der Waals surface area contributed by atoms with E-state index in [1.165, 1.54) is 50.5 Å². The lowest BCUT2D eigenvalue weighted by Gasteiger charge is -2.13. The monoisotopic (exact) mass is 368 g/mol. The molecule has 0 radical (unpaired) electrons. The van der Waals surface area contributed by atoms with E-state index in [1.54, 1.807) is 0 Å². The van der Waals surface area contributed by atoms with E-state index in [-0.39, 0.29) is 6.16 Å². The van der Waals surface area contributed by atoms with Crippen LogP contribution in [0.3, 0.4) is 0 Å². The lowest BCUT2D eigenvalue weighted by molar-refractivity contribution is 0.377. The highest BCUT2D eigenvalue weighted by atomic mass is 31.2. The number of hydrogen-bond acceptors (Lipinski definition) is 2. The van der Waals surface area contributed by atoms with Crippen LogP contribution in [0.4, 0.5) is 0 Å². The van der Waals surface area contributed by atoms with E-state index in [1.807, 2.05) is 24.3 Å². The van der Waals surface area contributed by atoms with Gasteiger partial charge >= 0.3 is 7.60 Å². The molecule has 0 aliphatic rings. The van der Waals surface area contributed by atoms with Crippen molar-refractivity contribution in [2.75, 3.05) is 6.16 Å². The molecule has 1 aromatic carbocycles. The van der Waals surface area contributed by atoms with Crippen LogP contribution >= 0.6 is 7.60 Å². The molecule has 0 aromatic heterocycles. The highest BCUT2D eigenvalue weighted by molar-refractivity contribution is 7.53. The zero-order valence-electron chi connectivity index (χ0n) is 16.2. The van der Waals surface area contributed by atoms with Gasteiger partial charge in [-0.05, 0) is 37.0 Å². The first kappa shape index (κ1) is 22.3. The lowest BCUT2D eigenvalue weighted by atomic mass is 10.0. The summed E-state index contributed by atoms with van der Waals surface area (Å²) in [6.07, 6.45) is 14.5. The minimum atomic E-state index is -3.51. The molecule has 1 unspecified atom stereocenters. The third-order valence-corrected chi connectivity index (χ3v) is 5.91. The van der Waals surface area contributed by atoms with Crippen LogP contribution in [0.1, 0.15) is 90.0 Å². The number of rotatable bonds is 15. The summed E-state index contributed by atoms with van der Waals surface area (Å²) in [6.45, 7) is 4.37. The van der Waals surface area contributed by atoms with Gasteiger partial charge in [0.25, 0.3) is 0 Å². The fourth-order valence-corrected chi connectivity index (χ4v) is 4.12.